The van der Waals surface area contributed by atoms with E-state index >= 15 is 0 Å². The van der Waals surface area contributed by atoms with Gasteiger partial charge in [-0.15, -0.1) is 0 Å². The van der Waals surface area contributed by atoms with Gasteiger partial charge in [0.1, 0.15) is 17.7 Å². The Balaban J connectivity index is 2.56. The number of hydrogen-bond acceptors (Lipinski definition) is 2. The predicted octanol–water partition coefficient (Wildman–Crippen LogP) is 3.06. The molecule has 0 amide bonds. The second-order valence-electron chi connectivity index (χ2n) is 4.23. The number of aromatic nitrogens is 1. The van der Waals surface area contributed by atoms with Crippen molar-refractivity contribution in [2.75, 3.05) is 0 Å². The zero-order valence-corrected chi connectivity index (χ0v) is 10.1. The van der Waals surface area contributed by atoms with Crippen LogP contribution in [0.3, 0.4) is 0 Å². The number of aryl methyl sites for hydroxylation is 2. The molecule has 1 heterocycles. The van der Waals surface area contributed by atoms with Crippen molar-refractivity contribution >= 4 is 0 Å². The average Bonchev–Trinajstić information content (AvgIpc) is 2.35. The van der Waals surface area contributed by atoms with Gasteiger partial charge in [-0.05, 0) is 37.1 Å². The maximum atomic E-state index is 13.9. The topological polar surface area (TPSA) is 33.1 Å². The van der Waals surface area contributed by atoms with Crippen molar-refractivity contribution in [2.24, 2.45) is 0 Å². The highest BCUT2D eigenvalue weighted by Crippen LogP contribution is 2.29. The SMILES string of the molecule is Cc1ccncc1C(O)c1c(F)ccc(C)c1F. The number of nitrogens with zero attached hydrogens (tertiary/aromatic N) is 1. The van der Waals surface area contributed by atoms with Gasteiger partial charge in [-0.1, -0.05) is 6.07 Å². The van der Waals surface area contributed by atoms with Crippen LogP contribution in [0.4, 0.5) is 8.78 Å². The normalized spacial score (nSPS) is 12.5. The molecule has 2 rings (SSSR count). The maximum Gasteiger partial charge on any atom is 0.135 e. The molecular weight excluding hydrogens is 236 g/mol. The molecule has 1 N–H and O–H groups in total. The molecule has 0 spiro atoms. The lowest BCUT2D eigenvalue weighted by molar-refractivity contribution is 0.207. The van der Waals surface area contributed by atoms with Crippen molar-refractivity contribution in [3.63, 3.8) is 0 Å². The third-order valence-electron chi connectivity index (χ3n) is 2.97. The molecule has 0 aliphatic carbocycles. The van der Waals surface area contributed by atoms with Crippen LogP contribution < -0.4 is 0 Å². The smallest absolute Gasteiger partial charge is 0.135 e. The van der Waals surface area contributed by atoms with Gasteiger partial charge in [-0.2, -0.15) is 0 Å². The Morgan fingerprint density at radius 1 is 1.11 bits per heavy atom. The number of aliphatic hydroxyl groups excluding tert-OH is 1. The lowest BCUT2D eigenvalue weighted by Gasteiger charge is -2.16. The molecule has 0 saturated heterocycles. The molecule has 4 heteroatoms. The molecular formula is C14H13F2NO. The van der Waals surface area contributed by atoms with Crippen molar-refractivity contribution in [3.8, 4) is 0 Å². The highest BCUT2D eigenvalue weighted by atomic mass is 19.1. The van der Waals surface area contributed by atoms with Crippen LogP contribution in [-0.4, -0.2) is 10.1 Å². The fraction of sp³-hybridized carbons (Fsp3) is 0.214. The van der Waals surface area contributed by atoms with Crippen LogP contribution in [0.15, 0.2) is 30.6 Å². The monoisotopic (exact) mass is 249 g/mol. The minimum absolute atomic E-state index is 0.298. The van der Waals surface area contributed by atoms with E-state index in [9.17, 15) is 13.9 Å². The van der Waals surface area contributed by atoms with Crippen molar-refractivity contribution in [2.45, 2.75) is 20.0 Å². The lowest BCUT2D eigenvalue weighted by atomic mass is 9.97. The van der Waals surface area contributed by atoms with Crippen LogP contribution in [0.5, 0.6) is 0 Å². The van der Waals surface area contributed by atoms with E-state index in [-0.39, 0.29) is 5.56 Å². The Labute approximate surface area is 104 Å². The van der Waals surface area contributed by atoms with Crippen LogP contribution in [0.2, 0.25) is 0 Å². The summed E-state index contributed by atoms with van der Waals surface area (Å²) in [7, 11) is 0. The first-order valence-corrected chi connectivity index (χ1v) is 5.55. The van der Waals surface area contributed by atoms with Gasteiger partial charge in [0.25, 0.3) is 0 Å². The third kappa shape index (κ3) is 2.11. The molecule has 0 fully saturated rings. The van der Waals surface area contributed by atoms with E-state index in [0.717, 1.165) is 11.6 Å². The standard InChI is InChI=1S/C14H13F2NO/c1-8-5-6-17-7-10(8)14(18)12-11(15)4-3-9(2)13(12)16/h3-7,14,18H,1-2H3. The van der Waals surface area contributed by atoms with Crippen LogP contribution in [0.1, 0.15) is 28.4 Å². The maximum absolute atomic E-state index is 13.9. The highest BCUT2D eigenvalue weighted by Gasteiger charge is 2.22. The van der Waals surface area contributed by atoms with Crippen LogP contribution in [0.25, 0.3) is 0 Å². The van der Waals surface area contributed by atoms with Crippen molar-refractivity contribution in [1.29, 1.82) is 0 Å². The van der Waals surface area contributed by atoms with E-state index in [1.54, 1.807) is 19.2 Å². The van der Waals surface area contributed by atoms with E-state index in [2.05, 4.69) is 4.98 Å². The number of pyridine rings is 1. The van der Waals surface area contributed by atoms with E-state index in [1.165, 1.54) is 19.2 Å². The first-order chi connectivity index (χ1) is 8.52. The number of halogens is 2. The van der Waals surface area contributed by atoms with Gasteiger partial charge in [-0.25, -0.2) is 8.78 Å². The molecule has 1 aromatic carbocycles. The van der Waals surface area contributed by atoms with Crippen LogP contribution in [-0.2, 0) is 0 Å². The van der Waals surface area contributed by atoms with Gasteiger partial charge < -0.3 is 5.11 Å². The molecule has 0 aliphatic heterocycles. The Morgan fingerprint density at radius 3 is 2.50 bits per heavy atom. The molecule has 0 bridgehead atoms. The van der Waals surface area contributed by atoms with Crippen LogP contribution >= 0.6 is 0 Å². The Morgan fingerprint density at radius 2 is 1.83 bits per heavy atom. The lowest BCUT2D eigenvalue weighted by Crippen LogP contribution is -2.08. The summed E-state index contributed by atoms with van der Waals surface area (Å²) >= 11 is 0. The number of rotatable bonds is 2. The molecule has 1 aromatic heterocycles. The quantitative estimate of drug-likeness (QED) is 0.887. The Kier molecular flexibility index (Phi) is 3.39. The Bertz CT molecular complexity index is 584. The van der Waals surface area contributed by atoms with Gasteiger partial charge in [-0.3, -0.25) is 4.98 Å². The minimum Gasteiger partial charge on any atom is -0.383 e. The molecule has 94 valence electrons. The first kappa shape index (κ1) is 12.6. The van der Waals surface area contributed by atoms with Crippen LogP contribution in [0, 0.1) is 25.5 Å². The van der Waals surface area contributed by atoms with E-state index in [0.29, 0.717) is 11.1 Å². The largest absolute Gasteiger partial charge is 0.383 e. The molecule has 0 saturated carbocycles. The number of hydrogen-bond donors (Lipinski definition) is 1. The molecule has 18 heavy (non-hydrogen) atoms. The molecule has 2 nitrogen and oxygen atoms in total. The second kappa shape index (κ2) is 4.82. The summed E-state index contributed by atoms with van der Waals surface area (Å²) in [5, 5.41) is 10.1. The van der Waals surface area contributed by atoms with Gasteiger partial charge in [0, 0.05) is 18.0 Å². The zero-order valence-electron chi connectivity index (χ0n) is 10.1. The van der Waals surface area contributed by atoms with E-state index in [4.69, 9.17) is 0 Å². The summed E-state index contributed by atoms with van der Waals surface area (Å²) in [6.07, 6.45) is 1.63. The van der Waals surface area contributed by atoms with Gasteiger partial charge in [0.05, 0.1) is 5.56 Å². The summed E-state index contributed by atoms with van der Waals surface area (Å²) in [5.41, 5.74) is 1.11. The summed E-state index contributed by atoms with van der Waals surface area (Å²) < 4.78 is 27.6. The van der Waals surface area contributed by atoms with Crippen molar-refractivity contribution in [1.82, 2.24) is 4.98 Å². The fourth-order valence-corrected chi connectivity index (χ4v) is 1.85. The third-order valence-corrected chi connectivity index (χ3v) is 2.97. The van der Waals surface area contributed by atoms with Gasteiger partial charge >= 0.3 is 0 Å². The summed E-state index contributed by atoms with van der Waals surface area (Å²) in [6.45, 7) is 3.28. The first-order valence-electron chi connectivity index (χ1n) is 5.55. The average molecular weight is 249 g/mol. The summed E-state index contributed by atoms with van der Waals surface area (Å²) in [4.78, 5) is 3.87. The van der Waals surface area contributed by atoms with E-state index in [1.807, 2.05) is 0 Å². The van der Waals surface area contributed by atoms with E-state index < -0.39 is 17.7 Å². The van der Waals surface area contributed by atoms with Crippen molar-refractivity contribution < 1.29 is 13.9 Å². The molecule has 0 aliphatic rings. The summed E-state index contributed by atoms with van der Waals surface area (Å²) in [6, 6.07) is 4.18. The zero-order chi connectivity index (χ0) is 13.3. The minimum atomic E-state index is -1.35. The summed E-state index contributed by atoms with van der Waals surface area (Å²) in [5.74, 6) is -1.47. The Hall–Kier alpha value is -1.81. The molecule has 1 unspecified atom stereocenters. The molecule has 1 atom stereocenters. The highest BCUT2D eigenvalue weighted by molar-refractivity contribution is 5.36. The second-order valence-corrected chi connectivity index (χ2v) is 4.23. The van der Waals surface area contributed by atoms with Gasteiger partial charge in [0.2, 0.25) is 0 Å². The molecule has 0 radical (unpaired) electrons. The predicted molar refractivity (Wildman–Crippen MR) is 64.1 cm³/mol. The number of aliphatic hydroxyl groups is 1. The fourth-order valence-electron chi connectivity index (χ4n) is 1.85. The number of benzene rings is 1. The van der Waals surface area contributed by atoms with Crippen molar-refractivity contribution in [3.05, 3.63) is 64.5 Å². The molecule has 2 aromatic rings. The van der Waals surface area contributed by atoms with Gasteiger partial charge in [0.15, 0.2) is 0 Å².